The second kappa shape index (κ2) is 37.4. The lowest BCUT2D eigenvalue weighted by molar-refractivity contribution is -0.297. The van der Waals surface area contributed by atoms with Crippen LogP contribution in [0.2, 0.25) is 0 Å². The van der Waals surface area contributed by atoms with Gasteiger partial charge in [0.2, 0.25) is 0 Å². The molecule has 13 heteroatoms. The van der Waals surface area contributed by atoms with Gasteiger partial charge in [-0.3, -0.25) is 14.1 Å². The maximum Gasteiger partial charge on any atom is 0.306 e. The molecule has 0 saturated carbocycles. The van der Waals surface area contributed by atoms with Gasteiger partial charge in [0.15, 0.2) is 12.4 Å². The van der Waals surface area contributed by atoms with Crippen LogP contribution in [0.3, 0.4) is 0 Å². The number of hydrogen-bond acceptors (Lipinski definition) is 11. The van der Waals surface area contributed by atoms with Gasteiger partial charge in [0.05, 0.1) is 6.61 Å². The van der Waals surface area contributed by atoms with Gasteiger partial charge in [0.1, 0.15) is 36.8 Å². The average molecular weight is 873 g/mol. The molecule has 0 spiro atoms. The van der Waals surface area contributed by atoms with Crippen molar-refractivity contribution in [2.45, 2.75) is 230 Å². The van der Waals surface area contributed by atoms with E-state index in [0.717, 1.165) is 57.8 Å². The third kappa shape index (κ3) is 31.7. The molecule has 1 aliphatic heterocycles. The molecule has 1 aliphatic rings. The van der Waals surface area contributed by atoms with Crippen molar-refractivity contribution in [3.05, 3.63) is 36.5 Å². The Kier molecular flexibility index (Phi) is 34.9. The Morgan fingerprint density at radius 1 is 0.567 bits per heavy atom. The number of aliphatic hydroxyl groups is 3. The second-order valence-electron chi connectivity index (χ2n) is 16.4. The molecule has 350 valence electrons. The highest BCUT2D eigenvalue weighted by atomic mass is 32.2. The summed E-state index contributed by atoms with van der Waals surface area (Å²) in [5.41, 5.74) is 0. The summed E-state index contributed by atoms with van der Waals surface area (Å²) in [7, 11) is -4.60. The molecule has 0 radical (unpaired) electrons. The summed E-state index contributed by atoms with van der Waals surface area (Å²) in [6.07, 6.45) is 33.2. The molecule has 1 saturated heterocycles. The van der Waals surface area contributed by atoms with Crippen LogP contribution in [-0.2, 0) is 38.7 Å². The van der Waals surface area contributed by atoms with E-state index in [1.165, 1.54) is 96.3 Å². The molecule has 6 atom stereocenters. The van der Waals surface area contributed by atoms with Gasteiger partial charge in [-0.05, 0) is 64.2 Å². The molecule has 12 nitrogen and oxygen atoms in total. The molecule has 2 unspecified atom stereocenters. The molecule has 1 fully saturated rings. The topological polar surface area (TPSA) is 186 Å². The van der Waals surface area contributed by atoms with Gasteiger partial charge in [-0.2, -0.15) is 8.42 Å². The van der Waals surface area contributed by atoms with Gasteiger partial charge in [-0.25, -0.2) is 0 Å². The van der Waals surface area contributed by atoms with Gasteiger partial charge in [0.25, 0.3) is 10.1 Å². The summed E-state index contributed by atoms with van der Waals surface area (Å²) in [6, 6.07) is 0. The van der Waals surface area contributed by atoms with Gasteiger partial charge in [-0.15, -0.1) is 0 Å². The summed E-state index contributed by atoms with van der Waals surface area (Å²) in [5, 5.41) is 30.9. The molecular formula is C47H84O12S. The lowest BCUT2D eigenvalue weighted by Crippen LogP contribution is -2.60. The largest absolute Gasteiger partial charge is 0.462 e. The zero-order valence-corrected chi connectivity index (χ0v) is 38.1. The number of rotatable bonds is 39. The molecule has 60 heavy (non-hydrogen) atoms. The Bertz CT molecular complexity index is 1250. The van der Waals surface area contributed by atoms with E-state index in [2.05, 4.69) is 50.3 Å². The van der Waals surface area contributed by atoms with Crippen molar-refractivity contribution in [2.75, 3.05) is 19.0 Å². The molecular weight excluding hydrogens is 789 g/mol. The summed E-state index contributed by atoms with van der Waals surface area (Å²) in [4.78, 5) is 25.4. The standard InChI is InChI=1S/C47H84O12S/c1-3-5-7-9-11-13-15-17-19-20-22-24-26-28-30-32-34-36-43(49)58-40(38-57-47-46(52)45(51)44(50)41(59-47)39-60(53,54)55)37-56-42(48)35-33-31-29-27-25-23-21-18-16-14-12-10-8-6-4-2/h10-13,17,19,40-41,44-47,50-52H,3-9,14-16,18,20-39H2,1-2H3,(H,53,54,55)/b12-10+,13-11+,19-17+/t40-,41-,44-,45?,46?,47+/m1/s1. The van der Waals surface area contributed by atoms with Gasteiger partial charge in [0, 0.05) is 12.8 Å². The second-order valence-corrected chi connectivity index (χ2v) is 17.9. The third-order valence-electron chi connectivity index (χ3n) is 10.7. The predicted molar refractivity (Wildman–Crippen MR) is 238 cm³/mol. The Labute approximate surface area is 363 Å². The number of carbonyl (C=O) groups excluding carboxylic acids is 2. The first-order valence-electron chi connectivity index (χ1n) is 23.5. The summed E-state index contributed by atoms with van der Waals surface area (Å²) in [6.45, 7) is 3.70. The van der Waals surface area contributed by atoms with E-state index < -0.39 is 71.2 Å². The van der Waals surface area contributed by atoms with E-state index in [1.807, 2.05) is 0 Å². The van der Waals surface area contributed by atoms with E-state index >= 15 is 0 Å². The Balaban J connectivity index is 2.43. The molecule has 0 aromatic carbocycles. The van der Waals surface area contributed by atoms with Crippen LogP contribution < -0.4 is 0 Å². The van der Waals surface area contributed by atoms with Crippen molar-refractivity contribution in [1.82, 2.24) is 0 Å². The van der Waals surface area contributed by atoms with Crippen molar-refractivity contribution in [1.29, 1.82) is 0 Å². The fourth-order valence-corrected chi connectivity index (χ4v) is 7.67. The Morgan fingerprint density at radius 2 is 1.02 bits per heavy atom. The SMILES string of the molecule is CCCC/C=C/CCCCCCCCCCCC(=O)OC[C@H](CO[C@H]1O[C@H](CS(=O)(=O)O)[C@@H](O)C(O)C1O)OC(=O)CCCCCCCCC/C=C/C/C=C/CCCCC. The number of aliphatic hydroxyl groups excluding tert-OH is 3. The van der Waals surface area contributed by atoms with Crippen molar-refractivity contribution in [2.24, 2.45) is 0 Å². The van der Waals surface area contributed by atoms with E-state index in [0.29, 0.717) is 12.8 Å². The van der Waals surface area contributed by atoms with Crippen LogP contribution in [0, 0.1) is 0 Å². The first-order chi connectivity index (χ1) is 29.0. The quantitative estimate of drug-likeness (QED) is 0.0199. The minimum Gasteiger partial charge on any atom is -0.462 e. The normalized spacial score (nSPS) is 20.4. The lowest BCUT2D eigenvalue weighted by Gasteiger charge is -2.40. The van der Waals surface area contributed by atoms with E-state index in [-0.39, 0.29) is 19.4 Å². The first kappa shape index (κ1) is 55.9. The number of hydrogen-bond donors (Lipinski definition) is 4. The fraction of sp³-hybridized carbons (Fsp3) is 0.830. The van der Waals surface area contributed by atoms with Crippen molar-refractivity contribution < 1.29 is 56.8 Å². The Hall–Kier alpha value is -2.13. The minimum atomic E-state index is -4.60. The van der Waals surface area contributed by atoms with Gasteiger partial charge in [-0.1, -0.05) is 153 Å². The molecule has 1 rings (SSSR count). The lowest BCUT2D eigenvalue weighted by atomic mass is 10.00. The molecule has 0 aromatic heterocycles. The van der Waals surface area contributed by atoms with Gasteiger partial charge >= 0.3 is 11.9 Å². The van der Waals surface area contributed by atoms with Crippen molar-refractivity contribution >= 4 is 22.1 Å². The zero-order valence-electron chi connectivity index (χ0n) is 37.3. The molecule has 0 aromatic rings. The van der Waals surface area contributed by atoms with E-state index in [4.69, 9.17) is 18.9 Å². The van der Waals surface area contributed by atoms with Crippen LogP contribution >= 0.6 is 0 Å². The number of ether oxygens (including phenoxy) is 4. The van der Waals surface area contributed by atoms with Crippen LogP contribution in [0.15, 0.2) is 36.5 Å². The summed E-state index contributed by atoms with van der Waals surface area (Å²) in [5.74, 6) is -1.99. The highest BCUT2D eigenvalue weighted by Gasteiger charge is 2.46. The molecule has 0 amide bonds. The number of unbranched alkanes of at least 4 members (excludes halogenated alkanes) is 21. The molecule has 0 aliphatic carbocycles. The zero-order chi connectivity index (χ0) is 44.1. The smallest absolute Gasteiger partial charge is 0.306 e. The number of esters is 2. The summed E-state index contributed by atoms with van der Waals surface area (Å²) < 4.78 is 54.1. The van der Waals surface area contributed by atoms with Crippen LogP contribution in [0.4, 0.5) is 0 Å². The van der Waals surface area contributed by atoms with Crippen LogP contribution in [0.5, 0.6) is 0 Å². The minimum absolute atomic E-state index is 0.155. The maximum absolute atomic E-state index is 12.8. The van der Waals surface area contributed by atoms with Crippen LogP contribution in [0.1, 0.15) is 194 Å². The number of carbonyl (C=O) groups is 2. The summed E-state index contributed by atoms with van der Waals surface area (Å²) >= 11 is 0. The van der Waals surface area contributed by atoms with Crippen LogP contribution in [-0.4, -0.2) is 96.0 Å². The highest BCUT2D eigenvalue weighted by molar-refractivity contribution is 7.85. The fourth-order valence-electron chi connectivity index (χ4n) is 6.98. The molecule has 0 bridgehead atoms. The van der Waals surface area contributed by atoms with Crippen LogP contribution in [0.25, 0.3) is 0 Å². The van der Waals surface area contributed by atoms with E-state index in [9.17, 15) is 37.9 Å². The maximum atomic E-state index is 12.8. The monoisotopic (exact) mass is 873 g/mol. The first-order valence-corrected chi connectivity index (χ1v) is 25.2. The number of allylic oxidation sites excluding steroid dienone is 6. The highest BCUT2D eigenvalue weighted by Crippen LogP contribution is 2.24. The van der Waals surface area contributed by atoms with E-state index in [1.54, 1.807) is 0 Å². The van der Waals surface area contributed by atoms with Crippen molar-refractivity contribution in [3.63, 3.8) is 0 Å². The molecule has 1 heterocycles. The Morgan fingerprint density at radius 3 is 1.53 bits per heavy atom. The average Bonchev–Trinajstić information content (AvgIpc) is 3.21. The van der Waals surface area contributed by atoms with Crippen molar-refractivity contribution in [3.8, 4) is 0 Å². The molecule has 4 N–H and O–H groups in total. The van der Waals surface area contributed by atoms with Gasteiger partial charge < -0.3 is 34.3 Å². The predicted octanol–water partition coefficient (Wildman–Crippen LogP) is 9.78. The third-order valence-corrected chi connectivity index (χ3v) is 11.4.